The van der Waals surface area contributed by atoms with Crippen LogP contribution in [0.1, 0.15) is 21.5 Å². The average molecular weight is 267 g/mol. The zero-order valence-electron chi connectivity index (χ0n) is 11.0. The number of esters is 1. The Morgan fingerprint density at radius 2 is 1.95 bits per heavy atom. The molecule has 0 fully saturated rings. The molecule has 0 unspecified atom stereocenters. The van der Waals surface area contributed by atoms with Crippen LogP contribution in [0.15, 0.2) is 53.5 Å². The largest absolute Gasteiger partial charge is 0.457 e. The van der Waals surface area contributed by atoms with Crippen LogP contribution in [0.3, 0.4) is 0 Å². The molecule has 100 valence electrons. The van der Waals surface area contributed by atoms with Crippen LogP contribution >= 0.6 is 0 Å². The number of rotatable bonds is 4. The van der Waals surface area contributed by atoms with Crippen molar-refractivity contribution in [3.05, 3.63) is 65.2 Å². The average Bonchev–Trinajstić information content (AvgIpc) is 2.46. The Morgan fingerprint density at radius 3 is 2.60 bits per heavy atom. The Bertz CT molecular complexity index is 659. The summed E-state index contributed by atoms with van der Waals surface area (Å²) < 4.78 is 5.25. The van der Waals surface area contributed by atoms with Crippen molar-refractivity contribution in [3.63, 3.8) is 0 Å². The summed E-state index contributed by atoms with van der Waals surface area (Å²) in [5.41, 5.74) is 2.57. The van der Waals surface area contributed by atoms with Crippen molar-refractivity contribution in [2.45, 2.75) is 13.5 Å². The number of aryl methyl sites for hydroxylation is 1. The number of aliphatic imine (C=N–C) groups is 1. The third kappa shape index (κ3) is 3.40. The standard InChI is InChI=1S/C16H13NO3/c1-12-9-14(17-11-18)7-8-15(12)16(19)20-10-13-5-3-2-4-6-13/h2-9H,10H2,1H3. The minimum absolute atomic E-state index is 0.230. The summed E-state index contributed by atoms with van der Waals surface area (Å²) in [4.78, 5) is 25.7. The highest BCUT2D eigenvalue weighted by molar-refractivity contribution is 5.91. The van der Waals surface area contributed by atoms with Gasteiger partial charge in [0.1, 0.15) is 6.61 Å². The van der Waals surface area contributed by atoms with Crippen LogP contribution < -0.4 is 0 Å². The number of hydrogen-bond donors (Lipinski definition) is 0. The second-order valence-corrected chi connectivity index (χ2v) is 4.26. The van der Waals surface area contributed by atoms with E-state index in [0.717, 1.165) is 5.56 Å². The molecule has 2 rings (SSSR count). The highest BCUT2D eigenvalue weighted by Gasteiger charge is 2.11. The molecule has 0 heterocycles. The van der Waals surface area contributed by atoms with Gasteiger partial charge in [-0.15, -0.1) is 0 Å². The normalized spacial score (nSPS) is 9.65. The van der Waals surface area contributed by atoms with E-state index in [1.807, 2.05) is 30.3 Å². The first-order chi connectivity index (χ1) is 9.70. The number of isocyanates is 1. The number of nitrogens with zero attached hydrogens (tertiary/aromatic N) is 1. The van der Waals surface area contributed by atoms with Gasteiger partial charge in [-0.25, -0.2) is 9.59 Å². The second kappa shape index (κ2) is 6.45. The molecule has 20 heavy (non-hydrogen) atoms. The molecule has 0 bridgehead atoms. The number of hydrogen-bond acceptors (Lipinski definition) is 4. The summed E-state index contributed by atoms with van der Waals surface area (Å²) in [6, 6.07) is 14.3. The molecule has 0 aliphatic carbocycles. The van der Waals surface area contributed by atoms with Crippen molar-refractivity contribution in [2.24, 2.45) is 4.99 Å². The predicted molar refractivity (Wildman–Crippen MR) is 74.5 cm³/mol. The molecular weight excluding hydrogens is 254 g/mol. The van der Waals surface area contributed by atoms with Crippen LogP contribution in [0.4, 0.5) is 5.69 Å². The molecule has 4 nitrogen and oxygen atoms in total. The van der Waals surface area contributed by atoms with Crippen LogP contribution in [0.5, 0.6) is 0 Å². The van der Waals surface area contributed by atoms with Crippen LogP contribution in [-0.2, 0) is 16.1 Å². The van der Waals surface area contributed by atoms with Crippen molar-refractivity contribution in [1.82, 2.24) is 0 Å². The van der Waals surface area contributed by atoms with Gasteiger partial charge in [0.25, 0.3) is 0 Å². The minimum Gasteiger partial charge on any atom is -0.457 e. The molecular formula is C16H13NO3. The maximum absolute atomic E-state index is 12.0. The van der Waals surface area contributed by atoms with Gasteiger partial charge in [0, 0.05) is 0 Å². The molecule has 0 aliphatic heterocycles. The fourth-order valence-corrected chi connectivity index (χ4v) is 1.80. The predicted octanol–water partition coefficient (Wildman–Crippen LogP) is 3.32. The van der Waals surface area contributed by atoms with Gasteiger partial charge in [-0.05, 0) is 36.2 Å². The molecule has 0 amide bonds. The summed E-state index contributed by atoms with van der Waals surface area (Å²) in [6.07, 6.45) is 1.47. The molecule has 4 heteroatoms. The number of carbonyl (C=O) groups is 1. The highest BCUT2D eigenvalue weighted by atomic mass is 16.5. The Kier molecular flexibility index (Phi) is 4.43. The minimum atomic E-state index is -0.395. The zero-order valence-corrected chi connectivity index (χ0v) is 11.0. The quantitative estimate of drug-likeness (QED) is 0.485. The van der Waals surface area contributed by atoms with Crippen LogP contribution in [-0.4, -0.2) is 12.0 Å². The molecule has 0 aromatic heterocycles. The lowest BCUT2D eigenvalue weighted by Crippen LogP contribution is -2.06. The first-order valence-electron chi connectivity index (χ1n) is 6.10. The topological polar surface area (TPSA) is 55.7 Å². The summed E-state index contributed by atoms with van der Waals surface area (Å²) in [6.45, 7) is 2.00. The molecule has 2 aromatic rings. The number of ether oxygens (including phenoxy) is 1. The van der Waals surface area contributed by atoms with Crippen molar-refractivity contribution in [3.8, 4) is 0 Å². The highest BCUT2D eigenvalue weighted by Crippen LogP contribution is 2.18. The Balaban J connectivity index is 2.08. The van der Waals surface area contributed by atoms with E-state index in [4.69, 9.17) is 4.74 Å². The number of carbonyl (C=O) groups excluding carboxylic acids is 2. The fraction of sp³-hybridized carbons (Fsp3) is 0.125. The lowest BCUT2D eigenvalue weighted by molar-refractivity contribution is 0.0472. The molecule has 0 radical (unpaired) electrons. The van der Waals surface area contributed by atoms with Gasteiger partial charge in [-0.1, -0.05) is 30.3 Å². The zero-order chi connectivity index (χ0) is 14.4. The van der Waals surface area contributed by atoms with E-state index in [9.17, 15) is 9.59 Å². The summed E-state index contributed by atoms with van der Waals surface area (Å²) in [5, 5.41) is 0. The smallest absolute Gasteiger partial charge is 0.338 e. The lowest BCUT2D eigenvalue weighted by atomic mass is 10.1. The third-order valence-corrected chi connectivity index (χ3v) is 2.82. The van der Waals surface area contributed by atoms with Crippen LogP contribution in [0.2, 0.25) is 0 Å². The van der Waals surface area contributed by atoms with E-state index in [0.29, 0.717) is 16.8 Å². The SMILES string of the molecule is Cc1cc(N=C=O)ccc1C(=O)OCc1ccccc1. The molecule has 0 aliphatic rings. The van der Waals surface area contributed by atoms with Gasteiger partial charge < -0.3 is 4.74 Å². The maximum Gasteiger partial charge on any atom is 0.338 e. The van der Waals surface area contributed by atoms with Gasteiger partial charge in [-0.2, -0.15) is 4.99 Å². The summed E-state index contributed by atoms with van der Waals surface area (Å²) in [7, 11) is 0. The van der Waals surface area contributed by atoms with E-state index >= 15 is 0 Å². The first kappa shape index (κ1) is 13.7. The van der Waals surface area contributed by atoms with Crippen molar-refractivity contribution >= 4 is 17.7 Å². The Morgan fingerprint density at radius 1 is 1.20 bits per heavy atom. The van der Waals surface area contributed by atoms with Crippen LogP contribution in [0.25, 0.3) is 0 Å². The van der Waals surface area contributed by atoms with Gasteiger partial charge in [-0.3, -0.25) is 0 Å². The van der Waals surface area contributed by atoms with E-state index in [2.05, 4.69) is 4.99 Å². The summed E-state index contributed by atoms with van der Waals surface area (Å²) in [5.74, 6) is -0.395. The van der Waals surface area contributed by atoms with Gasteiger partial charge >= 0.3 is 5.97 Å². The molecule has 0 N–H and O–H groups in total. The third-order valence-electron chi connectivity index (χ3n) is 2.82. The molecule has 2 aromatic carbocycles. The van der Waals surface area contributed by atoms with Gasteiger partial charge in [0.15, 0.2) is 0 Å². The molecule has 0 saturated heterocycles. The Labute approximate surface area is 116 Å². The van der Waals surface area contributed by atoms with Crippen molar-refractivity contribution in [1.29, 1.82) is 0 Å². The van der Waals surface area contributed by atoms with E-state index in [1.165, 1.54) is 6.08 Å². The number of benzene rings is 2. The van der Waals surface area contributed by atoms with Crippen LogP contribution in [0, 0.1) is 6.92 Å². The lowest BCUT2D eigenvalue weighted by Gasteiger charge is -2.07. The molecule has 0 spiro atoms. The van der Waals surface area contributed by atoms with Crippen molar-refractivity contribution in [2.75, 3.05) is 0 Å². The van der Waals surface area contributed by atoms with E-state index < -0.39 is 5.97 Å². The van der Waals surface area contributed by atoms with Crippen molar-refractivity contribution < 1.29 is 14.3 Å². The second-order valence-electron chi connectivity index (χ2n) is 4.26. The van der Waals surface area contributed by atoms with E-state index in [1.54, 1.807) is 25.1 Å². The van der Waals surface area contributed by atoms with E-state index in [-0.39, 0.29) is 6.61 Å². The van der Waals surface area contributed by atoms with Gasteiger partial charge in [0.2, 0.25) is 6.08 Å². The monoisotopic (exact) mass is 267 g/mol. The molecule has 0 atom stereocenters. The maximum atomic E-state index is 12.0. The Hall–Kier alpha value is -2.71. The summed E-state index contributed by atoms with van der Waals surface area (Å²) >= 11 is 0. The first-order valence-corrected chi connectivity index (χ1v) is 6.10. The van der Waals surface area contributed by atoms with Gasteiger partial charge in [0.05, 0.1) is 11.3 Å². The molecule has 0 saturated carbocycles. The fourth-order valence-electron chi connectivity index (χ4n) is 1.80.